The molecular weight excluding hydrogens is 789 g/mol. The van der Waals surface area contributed by atoms with Crippen molar-refractivity contribution in [3.63, 3.8) is 0 Å². The largest absolute Gasteiger partial charge is 0.454 e. The summed E-state index contributed by atoms with van der Waals surface area (Å²) in [4.78, 5) is 5.38. The monoisotopic (exact) mass is 826 g/mol. The molecule has 302 valence electrons. The maximum atomic E-state index is 7.02. The molecule has 13 aromatic rings. The highest BCUT2D eigenvalue weighted by Gasteiger charge is 2.46. The van der Waals surface area contributed by atoms with Gasteiger partial charge in [0.2, 0.25) is 0 Å². The van der Waals surface area contributed by atoms with E-state index in [0.717, 1.165) is 71.6 Å². The molecule has 3 heterocycles. The van der Waals surface area contributed by atoms with Crippen molar-refractivity contribution < 1.29 is 4.42 Å². The van der Waals surface area contributed by atoms with Gasteiger partial charge in [-0.1, -0.05) is 188 Å². The summed E-state index contributed by atoms with van der Waals surface area (Å²) in [6.07, 6.45) is 0. The van der Waals surface area contributed by atoms with Crippen molar-refractivity contribution in [3.8, 4) is 39.2 Å². The lowest BCUT2D eigenvalue weighted by Gasteiger charge is -2.34. The van der Waals surface area contributed by atoms with E-state index in [9.17, 15) is 0 Å². The van der Waals surface area contributed by atoms with Crippen LogP contribution in [0.25, 0.3) is 105 Å². The molecule has 65 heavy (non-hydrogen) atoms. The summed E-state index contributed by atoms with van der Waals surface area (Å²) in [7, 11) is 0. The summed E-state index contributed by atoms with van der Waals surface area (Å²) >= 11 is 0. The van der Waals surface area contributed by atoms with E-state index in [0.29, 0.717) is 0 Å². The van der Waals surface area contributed by atoms with Gasteiger partial charge in [0.25, 0.3) is 0 Å². The van der Waals surface area contributed by atoms with Crippen molar-refractivity contribution in [2.75, 3.05) is 0 Å². The summed E-state index contributed by atoms with van der Waals surface area (Å²) in [6, 6.07) is 83.8. The Balaban J connectivity index is 1.04. The van der Waals surface area contributed by atoms with Crippen LogP contribution in [0.15, 0.2) is 235 Å². The first-order chi connectivity index (χ1) is 32.3. The van der Waals surface area contributed by atoms with E-state index < -0.39 is 5.41 Å². The van der Waals surface area contributed by atoms with Gasteiger partial charge >= 0.3 is 0 Å². The van der Waals surface area contributed by atoms with Gasteiger partial charge in [-0.15, -0.1) is 0 Å². The van der Waals surface area contributed by atoms with E-state index >= 15 is 0 Å². The van der Waals surface area contributed by atoms with Crippen LogP contribution in [0.5, 0.6) is 0 Å². The summed E-state index contributed by atoms with van der Waals surface area (Å²) in [6.45, 7) is 0. The molecule has 0 bridgehead atoms. The molecule has 0 unspecified atom stereocenters. The Morgan fingerprint density at radius 3 is 1.78 bits per heavy atom. The van der Waals surface area contributed by atoms with Gasteiger partial charge < -0.3 is 8.98 Å². The Labute approximate surface area is 375 Å². The molecule has 0 N–H and O–H groups in total. The van der Waals surface area contributed by atoms with Crippen LogP contribution in [0.3, 0.4) is 0 Å². The summed E-state index contributed by atoms with van der Waals surface area (Å²) < 4.78 is 9.44. The predicted molar refractivity (Wildman–Crippen MR) is 269 cm³/mol. The number of pyridine rings is 1. The average Bonchev–Trinajstić information content (AvgIpc) is 4.03. The minimum atomic E-state index is -0.475. The fourth-order valence-electron chi connectivity index (χ4n) is 11.3. The minimum absolute atomic E-state index is 0.475. The highest BCUT2D eigenvalue weighted by atomic mass is 16.3. The fraction of sp³-hybridized carbons (Fsp3) is 0.0161. The quantitative estimate of drug-likeness (QED) is 0.162. The maximum Gasteiger partial charge on any atom is 0.160 e. The van der Waals surface area contributed by atoms with Crippen molar-refractivity contribution in [2.45, 2.75) is 5.41 Å². The molecule has 10 aromatic carbocycles. The average molecular weight is 827 g/mol. The van der Waals surface area contributed by atoms with E-state index in [1.165, 1.54) is 55.3 Å². The first-order valence-corrected chi connectivity index (χ1v) is 22.4. The Morgan fingerprint density at radius 1 is 0.385 bits per heavy atom. The van der Waals surface area contributed by atoms with E-state index in [4.69, 9.17) is 9.40 Å². The number of aromatic nitrogens is 2. The third kappa shape index (κ3) is 5.04. The van der Waals surface area contributed by atoms with Crippen LogP contribution in [-0.2, 0) is 5.41 Å². The Hall–Kier alpha value is -8.53. The molecule has 0 aliphatic heterocycles. The molecule has 3 aromatic heterocycles. The Kier molecular flexibility index (Phi) is 7.61. The highest BCUT2D eigenvalue weighted by Crippen LogP contribution is 2.57. The van der Waals surface area contributed by atoms with Gasteiger partial charge in [-0.3, -0.25) is 0 Å². The summed E-state index contributed by atoms with van der Waals surface area (Å²) in [5, 5.41) is 7.92. The van der Waals surface area contributed by atoms with Crippen LogP contribution < -0.4 is 0 Å². The molecule has 14 rings (SSSR count). The summed E-state index contributed by atoms with van der Waals surface area (Å²) in [5.41, 5.74) is 17.5. The van der Waals surface area contributed by atoms with E-state index in [1.54, 1.807) is 0 Å². The number of rotatable bonds is 5. The third-order valence-electron chi connectivity index (χ3n) is 14.0. The second-order valence-electron chi connectivity index (χ2n) is 17.3. The van der Waals surface area contributed by atoms with Gasteiger partial charge in [0, 0.05) is 43.3 Å². The zero-order valence-electron chi connectivity index (χ0n) is 35.2. The molecule has 0 fully saturated rings. The molecule has 0 atom stereocenters. The second-order valence-corrected chi connectivity index (χ2v) is 17.3. The van der Waals surface area contributed by atoms with Gasteiger partial charge in [0.1, 0.15) is 5.58 Å². The van der Waals surface area contributed by atoms with E-state index in [1.807, 2.05) is 0 Å². The van der Waals surface area contributed by atoms with Crippen LogP contribution in [0.2, 0.25) is 0 Å². The van der Waals surface area contributed by atoms with E-state index in [-0.39, 0.29) is 0 Å². The number of nitrogens with zero attached hydrogens (tertiary/aromatic N) is 2. The number of hydrogen-bond acceptors (Lipinski definition) is 2. The van der Waals surface area contributed by atoms with Gasteiger partial charge in [-0.05, 0) is 87.0 Å². The van der Waals surface area contributed by atoms with Gasteiger partial charge in [-0.2, -0.15) is 0 Å². The van der Waals surface area contributed by atoms with E-state index in [2.05, 4.69) is 235 Å². The first kappa shape index (κ1) is 36.0. The fourth-order valence-corrected chi connectivity index (χ4v) is 11.3. The normalized spacial score (nSPS) is 13.0. The molecular formula is C62H38N2O. The molecule has 0 saturated carbocycles. The number of furan rings is 1. The number of hydrogen-bond donors (Lipinski definition) is 0. The van der Waals surface area contributed by atoms with Crippen LogP contribution in [0.1, 0.15) is 22.3 Å². The Bertz CT molecular complexity index is 4010. The molecule has 1 aliphatic carbocycles. The molecule has 0 saturated heterocycles. The second kappa shape index (κ2) is 13.7. The van der Waals surface area contributed by atoms with Crippen molar-refractivity contribution in [2.24, 2.45) is 0 Å². The summed E-state index contributed by atoms with van der Waals surface area (Å²) in [5.74, 6) is 0. The standard InChI is InChI=1S/C62H38N2O/c1-4-18-39(19-5-1)60-50-38-56(61-59(48-27-13-17-31-57(48)65-61)58(50)47-26-11-15-29-53(47)63-60)64-54-30-16-12-25-46(54)49-36-40(33-35-55(49)64)41-32-34-45-44-24-10-14-28-51(44)62(52(45)37-41,42-20-6-2-7-21-42)43-22-8-3-9-23-43/h1-38H. The zero-order valence-corrected chi connectivity index (χ0v) is 35.2. The van der Waals surface area contributed by atoms with Crippen LogP contribution in [0, 0.1) is 0 Å². The molecule has 0 amide bonds. The topological polar surface area (TPSA) is 31.0 Å². The molecule has 0 radical (unpaired) electrons. The van der Waals surface area contributed by atoms with Crippen molar-refractivity contribution in [1.82, 2.24) is 9.55 Å². The third-order valence-corrected chi connectivity index (χ3v) is 14.0. The first-order valence-electron chi connectivity index (χ1n) is 22.4. The zero-order chi connectivity index (χ0) is 42.6. The minimum Gasteiger partial charge on any atom is -0.454 e. The Morgan fingerprint density at radius 2 is 0.985 bits per heavy atom. The number of para-hydroxylation sites is 3. The van der Waals surface area contributed by atoms with Crippen LogP contribution in [0.4, 0.5) is 0 Å². The lowest BCUT2D eigenvalue weighted by Crippen LogP contribution is -2.28. The number of fused-ring (bicyclic) bond motifs is 13. The van der Waals surface area contributed by atoms with Gasteiger partial charge in [0.05, 0.1) is 33.3 Å². The molecule has 0 spiro atoms. The van der Waals surface area contributed by atoms with Crippen molar-refractivity contribution in [1.29, 1.82) is 0 Å². The van der Waals surface area contributed by atoms with Crippen LogP contribution in [-0.4, -0.2) is 9.55 Å². The molecule has 3 heteroatoms. The molecule has 3 nitrogen and oxygen atoms in total. The maximum absolute atomic E-state index is 7.02. The predicted octanol–water partition coefficient (Wildman–Crippen LogP) is 16.1. The van der Waals surface area contributed by atoms with Crippen molar-refractivity contribution in [3.05, 3.63) is 253 Å². The molecule has 1 aliphatic rings. The highest BCUT2D eigenvalue weighted by molar-refractivity contribution is 6.30. The van der Waals surface area contributed by atoms with Gasteiger partial charge in [-0.25, -0.2) is 4.98 Å². The lowest BCUT2D eigenvalue weighted by molar-refractivity contribution is 0.666. The van der Waals surface area contributed by atoms with Crippen LogP contribution >= 0.6 is 0 Å². The lowest BCUT2D eigenvalue weighted by atomic mass is 9.67. The van der Waals surface area contributed by atoms with Gasteiger partial charge in [0.15, 0.2) is 5.58 Å². The van der Waals surface area contributed by atoms with Crippen molar-refractivity contribution >= 4 is 65.4 Å². The smallest absolute Gasteiger partial charge is 0.160 e. The SMILES string of the molecule is c1ccc(-c2nc3ccccc3c3c2cc(-n2c4ccccc4c4cc(-c5ccc6c(c5)C(c5ccccc5)(c5ccccc5)c5ccccc5-6)ccc42)c2oc4ccccc4c23)cc1. The number of benzene rings is 10.